The Morgan fingerprint density at radius 3 is 2.19 bits per heavy atom. The molecule has 0 atom stereocenters. The summed E-state index contributed by atoms with van der Waals surface area (Å²) in [5.41, 5.74) is 4.83. The molecule has 0 fully saturated rings. The molecule has 0 unspecified atom stereocenters. The number of carbonyl (C=O) groups is 1. The molecule has 0 saturated heterocycles. The van der Waals surface area contributed by atoms with Gasteiger partial charge in [0.15, 0.2) is 6.29 Å². The summed E-state index contributed by atoms with van der Waals surface area (Å²) in [7, 11) is 0. The Hall–Kier alpha value is -2.09. The van der Waals surface area contributed by atoms with Gasteiger partial charge < -0.3 is 4.42 Å². The number of rotatable bonds is 4. The molecule has 0 spiro atoms. The van der Waals surface area contributed by atoms with Crippen molar-refractivity contribution < 1.29 is 9.21 Å². The summed E-state index contributed by atoms with van der Waals surface area (Å²) in [5, 5.41) is 0. The van der Waals surface area contributed by atoms with Gasteiger partial charge in [0.05, 0.1) is 5.56 Å². The Morgan fingerprint density at radius 1 is 1.19 bits per heavy atom. The highest BCUT2D eigenvalue weighted by Crippen LogP contribution is 2.34. The minimum Gasteiger partial charge on any atom is -0.460 e. The van der Waals surface area contributed by atoms with Crippen LogP contribution in [0.5, 0.6) is 0 Å². The monoisotopic (exact) mass is 282 g/mol. The van der Waals surface area contributed by atoms with Gasteiger partial charge >= 0.3 is 0 Å². The van der Waals surface area contributed by atoms with Crippen molar-refractivity contribution in [3.63, 3.8) is 0 Å². The van der Waals surface area contributed by atoms with E-state index < -0.39 is 0 Å². The molecule has 2 heteroatoms. The number of hydrogen-bond acceptors (Lipinski definition) is 2. The lowest BCUT2D eigenvalue weighted by atomic mass is 9.79. The molecule has 0 radical (unpaired) electrons. The molecular formula is C19H22O2. The molecule has 110 valence electrons. The van der Waals surface area contributed by atoms with Crippen LogP contribution in [-0.4, -0.2) is 6.29 Å². The second-order valence-electron chi connectivity index (χ2n) is 6.13. The van der Waals surface area contributed by atoms with Crippen molar-refractivity contribution in [2.45, 2.75) is 40.0 Å². The van der Waals surface area contributed by atoms with E-state index in [9.17, 15) is 4.79 Å². The number of benzene rings is 1. The summed E-state index contributed by atoms with van der Waals surface area (Å²) >= 11 is 0. The quantitative estimate of drug-likeness (QED) is 0.567. The Balaban J connectivity index is 2.45. The molecule has 2 rings (SSSR count). The topological polar surface area (TPSA) is 30.2 Å². The highest BCUT2D eigenvalue weighted by molar-refractivity contribution is 5.82. The van der Waals surface area contributed by atoms with E-state index in [-0.39, 0.29) is 5.41 Å². The fraction of sp³-hybridized carbons (Fsp3) is 0.316. The summed E-state index contributed by atoms with van der Waals surface area (Å²) < 4.78 is 5.75. The SMILES string of the molecule is C=C(C)C(C)(C)c1ccc(-c2oc(C)c(C=O)c2C)cc1. The van der Waals surface area contributed by atoms with Crippen LogP contribution in [-0.2, 0) is 5.41 Å². The molecule has 2 nitrogen and oxygen atoms in total. The third-order valence-corrected chi connectivity index (χ3v) is 4.43. The van der Waals surface area contributed by atoms with E-state index >= 15 is 0 Å². The van der Waals surface area contributed by atoms with Crippen molar-refractivity contribution in [1.82, 2.24) is 0 Å². The van der Waals surface area contributed by atoms with E-state index in [4.69, 9.17) is 4.42 Å². The lowest BCUT2D eigenvalue weighted by molar-refractivity contribution is 0.112. The maximum absolute atomic E-state index is 11.1. The summed E-state index contributed by atoms with van der Waals surface area (Å²) in [6, 6.07) is 8.28. The number of aldehydes is 1. The number of carbonyl (C=O) groups excluding carboxylic acids is 1. The zero-order valence-electron chi connectivity index (χ0n) is 13.4. The summed E-state index contributed by atoms with van der Waals surface area (Å²) in [5.74, 6) is 1.44. The van der Waals surface area contributed by atoms with Crippen LogP contribution in [0.3, 0.4) is 0 Å². The molecule has 0 aliphatic rings. The van der Waals surface area contributed by atoms with Crippen molar-refractivity contribution in [2.24, 2.45) is 0 Å². The first kappa shape index (κ1) is 15.3. The van der Waals surface area contributed by atoms with E-state index in [0.717, 1.165) is 28.7 Å². The van der Waals surface area contributed by atoms with Crippen molar-refractivity contribution in [2.75, 3.05) is 0 Å². The zero-order valence-corrected chi connectivity index (χ0v) is 13.4. The van der Waals surface area contributed by atoms with E-state index in [2.05, 4.69) is 32.6 Å². The van der Waals surface area contributed by atoms with Crippen LogP contribution in [0.15, 0.2) is 40.8 Å². The standard InChI is InChI=1S/C19H22O2/c1-12(2)19(5,6)16-9-7-15(8-10-16)18-13(3)17(11-20)14(4)21-18/h7-11H,1H2,2-6H3. The maximum atomic E-state index is 11.1. The van der Waals surface area contributed by atoms with Gasteiger partial charge in [0.1, 0.15) is 11.5 Å². The minimum absolute atomic E-state index is 0.0549. The van der Waals surface area contributed by atoms with Crippen LogP contribution in [0.2, 0.25) is 0 Å². The number of hydrogen-bond donors (Lipinski definition) is 0. The molecule has 0 bridgehead atoms. The van der Waals surface area contributed by atoms with Gasteiger partial charge in [0.2, 0.25) is 0 Å². The predicted octanol–water partition coefficient (Wildman–Crippen LogP) is 5.23. The fourth-order valence-corrected chi connectivity index (χ4v) is 2.40. The van der Waals surface area contributed by atoms with Crippen LogP contribution in [0.1, 0.15) is 48.0 Å². The van der Waals surface area contributed by atoms with E-state index in [1.54, 1.807) is 0 Å². The van der Waals surface area contributed by atoms with Gasteiger partial charge in [-0.1, -0.05) is 50.3 Å². The van der Waals surface area contributed by atoms with Crippen LogP contribution < -0.4 is 0 Å². The number of allylic oxidation sites excluding steroid dienone is 1. The largest absolute Gasteiger partial charge is 0.460 e. The minimum atomic E-state index is -0.0549. The van der Waals surface area contributed by atoms with Crippen LogP contribution in [0.4, 0.5) is 0 Å². The summed E-state index contributed by atoms with van der Waals surface area (Å²) in [6.07, 6.45) is 0.857. The molecule has 1 aromatic carbocycles. The van der Waals surface area contributed by atoms with E-state index in [0.29, 0.717) is 11.3 Å². The molecule has 0 amide bonds. The third-order valence-electron chi connectivity index (χ3n) is 4.43. The predicted molar refractivity (Wildman–Crippen MR) is 86.8 cm³/mol. The first-order valence-corrected chi connectivity index (χ1v) is 7.11. The van der Waals surface area contributed by atoms with Crippen LogP contribution >= 0.6 is 0 Å². The van der Waals surface area contributed by atoms with Crippen molar-refractivity contribution >= 4 is 6.29 Å². The van der Waals surface area contributed by atoms with Gasteiger partial charge in [0, 0.05) is 16.5 Å². The highest BCUT2D eigenvalue weighted by Gasteiger charge is 2.22. The molecule has 0 aliphatic heterocycles. The zero-order chi connectivity index (χ0) is 15.8. The molecule has 0 N–H and O–H groups in total. The fourth-order valence-electron chi connectivity index (χ4n) is 2.40. The first-order chi connectivity index (χ1) is 9.78. The molecule has 2 aromatic rings. The first-order valence-electron chi connectivity index (χ1n) is 7.11. The second-order valence-corrected chi connectivity index (χ2v) is 6.13. The van der Waals surface area contributed by atoms with Crippen LogP contribution in [0, 0.1) is 13.8 Å². The number of furan rings is 1. The third kappa shape index (κ3) is 2.58. The van der Waals surface area contributed by atoms with Crippen molar-refractivity contribution in [3.8, 4) is 11.3 Å². The van der Waals surface area contributed by atoms with Gasteiger partial charge in [-0.05, 0) is 26.3 Å². The Morgan fingerprint density at radius 2 is 1.76 bits per heavy atom. The van der Waals surface area contributed by atoms with Gasteiger partial charge in [-0.2, -0.15) is 0 Å². The second kappa shape index (κ2) is 5.36. The lowest BCUT2D eigenvalue weighted by Crippen LogP contribution is -2.17. The molecule has 1 heterocycles. The maximum Gasteiger partial charge on any atom is 0.153 e. The number of aryl methyl sites for hydroxylation is 1. The summed E-state index contributed by atoms with van der Waals surface area (Å²) in [6.45, 7) is 14.2. The van der Waals surface area contributed by atoms with Crippen molar-refractivity contribution in [1.29, 1.82) is 0 Å². The molecular weight excluding hydrogens is 260 g/mol. The van der Waals surface area contributed by atoms with Crippen molar-refractivity contribution in [3.05, 3.63) is 58.9 Å². The molecule has 1 aromatic heterocycles. The summed E-state index contributed by atoms with van der Waals surface area (Å²) in [4.78, 5) is 11.1. The van der Waals surface area contributed by atoms with Crippen LogP contribution in [0.25, 0.3) is 11.3 Å². The molecule has 21 heavy (non-hydrogen) atoms. The Labute approximate surface area is 126 Å². The van der Waals surface area contributed by atoms with Gasteiger partial charge in [-0.15, -0.1) is 0 Å². The average molecular weight is 282 g/mol. The smallest absolute Gasteiger partial charge is 0.153 e. The Bertz CT molecular complexity index is 685. The van der Waals surface area contributed by atoms with Gasteiger partial charge in [0.25, 0.3) is 0 Å². The van der Waals surface area contributed by atoms with E-state index in [1.165, 1.54) is 5.56 Å². The average Bonchev–Trinajstić information content (AvgIpc) is 2.73. The molecule has 0 aliphatic carbocycles. The van der Waals surface area contributed by atoms with Gasteiger partial charge in [-0.25, -0.2) is 0 Å². The van der Waals surface area contributed by atoms with E-state index in [1.807, 2.05) is 32.9 Å². The molecule has 0 saturated carbocycles. The Kier molecular flexibility index (Phi) is 3.91. The lowest BCUT2D eigenvalue weighted by Gasteiger charge is -2.26. The van der Waals surface area contributed by atoms with Gasteiger partial charge in [-0.3, -0.25) is 4.79 Å². The normalized spacial score (nSPS) is 11.5. The highest BCUT2D eigenvalue weighted by atomic mass is 16.3.